The van der Waals surface area contributed by atoms with Crippen molar-refractivity contribution >= 4 is 5.97 Å². The Morgan fingerprint density at radius 1 is 1.00 bits per heavy atom. The third kappa shape index (κ3) is 5.09. The van der Waals surface area contributed by atoms with E-state index in [9.17, 15) is 9.90 Å². The van der Waals surface area contributed by atoms with Gasteiger partial charge in [-0.1, -0.05) is 30.3 Å². The Morgan fingerprint density at radius 2 is 1.71 bits per heavy atom. The summed E-state index contributed by atoms with van der Waals surface area (Å²) in [5, 5.41) is 13.3. The number of carboxylic acid groups (broad SMARTS) is 1. The lowest BCUT2D eigenvalue weighted by Gasteiger charge is -2.11. The highest BCUT2D eigenvalue weighted by Crippen LogP contribution is 2.25. The van der Waals surface area contributed by atoms with Crippen LogP contribution in [0.25, 0.3) is 0 Å². The van der Waals surface area contributed by atoms with E-state index in [1.807, 2.05) is 62.4 Å². The van der Waals surface area contributed by atoms with Gasteiger partial charge in [-0.15, -0.1) is 0 Å². The number of methoxy groups -OCH3 is 2. The molecule has 6 heteroatoms. The van der Waals surface area contributed by atoms with Crippen LogP contribution in [0.1, 0.15) is 38.4 Å². The van der Waals surface area contributed by atoms with Gasteiger partial charge in [0.05, 0.1) is 19.8 Å². The van der Waals surface area contributed by atoms with Crippen LogP contribution < -0.4 is 14.8 Å². The zero-order valence-electron chi connectivity index (χ0n) is 18.6. The van der Waals surface area contributed by atoms with Gasteiger partial charge in [-0.3, -0.25) is 0 Å². The molecule has 0 fully saturated rings. The minimum absolute atomic E-state index is 0.385. The first kappa shape index (κ1) is 22.4. The van der Waals surface area contributed by atoms with Crippen molar-refractivity contribution in [3.63, 3.8) is 0 Å². The van der Waals surface area contributed by atoms with Crippen molar-refractivity contribution in [3.05, 3.63) is 82.2 Å². The summed E-state index contributed by atoms with van der Waals surface area (Å²) >= 11 is 0. The SMILES string of the molecule is COc1ccc(Cn2c(C)c(CNCCc3ccccc3OC)c(C(=O)O)c2C)cc1. The van der Waals surface area contributed by atoms with Crippen molar-refractivity contribution in [3.8, 4) is 11.5 Å². The monoisotopic (exact) mass is 422 g/mol. The van der Waals surface area contributed by atoms with Gasteiger partial charge in [-0.2, -0.15) is 0 Å². The Balaban J connectivity index is 1.74. The third-order valence-corrected chi connectivity index (χ3v) is 5.69. The summed E-state index contributed by atoms with van der Waals surface area (Å²) in [4.78, 5) is 12.0. The minimum Gasteiger partial charge on any atom is -0.497 e. The first-order valence-corrected chi connectivity index (χ1v) is 10.3. The summed E-state index contributed by atoms with van der Waals surface area (Å²) in [6, 6.07) is 15.8. The second kappa shape index (κ2) is 10.2. The molecule has 3 rings (SSSR count). The van der Waals surface area contributed by atoms with E-state index in [0.717, 1.165) is 52.5 Å². The highest BCUT2D eigenvalue weighted by molar-refractivity contribution is 5.91. The molecular formula is C25H30N2O4. The molecule has 2 aromatic carbocycles. The maximum absolute atomic E-state index is 12.0. The van der Waals surface area contributed by atoms with Crippen LogP contribution in [0.4, 0.5) is 0 Å². The van der Waals surface area contributed by atoms with Gasteiger partial charge in [-0.05, 0) is 56.1 Å². The quantitative estimate of drug-likeness (QED) is 0.479. The fourth-order valence-electron chi connectivity index (χ4n) is 3.95. The van der Waals surface area contributed by atoms with Crippen molar-refractivity contribution in [2.24, 2.45) is 0 Å². The second-order valence-corrected chi connectivity index (χ2v) is 7.50. The van der Waals surface area contributed by atoms with Crippen molar-refractivity contribution in [2.75, 3.05) is 20.8 Å². The molecule has 164 valence electrons. The van der Waals surface area contributed by atoms with Crippen molar-refractivity contribution < 1.29 is 19.4 Å². The van der Waals surface area contributed by atoms with Gasteiger partial charge < -0.3 is 24.5 Å². The van der Waals surface area contributed by atoms with Gasteiger partial charge in [-0.25, -0.2) is 4.79 Å². The molecule has 0 aliphatic heterocycles. The van der Waals surface area contributed by atoms with E-state index in [2.05, 4.69) is 9.88 Å². The van der Waals surface area contributed by atoms with E-state index in [0.29, 0.717) is 18.7 Å². The lowest BCUT2D eigenvalue weighted by atomic mass is 10.1. The summed E-state index contributed by atoms with van der Waals surface area (Å²) in [5.41, 5.74) is 5.17. The largest absolute Gasteiger partial charge is 0.497 e. The minimum atomic E-state index is -0.893. The molecule has 31 heavy (non-hydrogen) atoms. The van der Waals surface area contributed by atoms with Gasteiger partial charge in [0, 0.05) is 30.0 Å². The summed E-state index contributed by atoms with van der Waals surface area (Å²) < 4.78 is 12.7. The summed E-state index contributed by atoms with van der Waals surface area (Å²) in [6.07, 6.45) is 0.803. The number of nitrogens with zero attached hydrogens (tertiary/aromatic N) is 1. The van der Waals surface area contributed by atoms with E-state index in [-0.39, 0.29) is 0 Å². The summed E-state index contributed by atoms with van der Waals surface area (Å²) in [7, 11) is 3.31. The van der Waals surface area contributed by atoms with E-state index in [1.54, 1.807) is 14.2 Å². The van der Waals surface area contributed by atoms with E-state index >= 15 is 0 Å². The van der Waals surface area contributed by atoms with Crippen molar-refractivity contribution in [1.29, 1.82) is 0 Å². The molecule has 2 N–H and O–H groups in total. The molecule has 6 nitrogen and oxygen atoms in total. The molecule has 0 saturated heterocycles. The highest BCUT2D eigenvalue weighted by Gasteiger charge is 2.22. The summed E-state index contributed by atoms with van der Waals surface area (Å²) in [5.74, 6) is 0.777. The smallest absolute Gasteiger partial charge is 0.337 e. The van der Waals surface area contributed by atoms with Crippen LogP contribution in [-0.2, 0) is 19.5 Å². The molecule has 0 amide bonds. The molecule has 0 bridgehead atoms. The highest BCUT2D eigenvalue weighted by atomic mass is 16.5. The number of hydrogen-bond donors (Lipinski definition) is 2. The number of ether oxygens (including phenoxy) is 2. The molecule has 0 spiro atoms. The standard InChI is InChI=1S/C25H30N2O4/c1-17-22(15-26-14-13-20-7-5-6-8-23(20)31-4)24(25(28)29)18(2)27(17)16-19-9-11-21(30-3)12-10-19/h5-12,26H,13-16H2,1-4H3,(H,28,29). The lowest BCUT2D eigenvalue weighted by molar-refractivity contribution is 0.0694. The molecule has 0 aliphatic carbocycles. The molecule has 1 aromatic heterocycles. The molecule has 0 saturated carbocycles. The number of rotatable bonds is 10. The number of benzene rings is 2. The van der Waals surface area contributed by atoms with Crippen molar-refractivity contribution in [1.82, 2.24) is 9.88 Å². The van der Waals surface area contributed by atoms with E-state index < -0.39 is 5.97 Å². The van der Waals surface area contributed by atoms with Gasteiger partial charge in [0.1, 0.15) is 11.5 Å². The topological polar surface area (TPSA) is 72.7 Å². The van der Waals surface area contributed by atoms with E-state index in [1.165, 1.54) is 0 Å². The normalized spacial score (nSPS) is 10.8. The predicted molar refractivity (Wildman–Crippen MR) is 121 cm³/mol. The van der Waals surface area contributed by atoms with Crippen LogP contribution in [-0.4, -0.2) is 36.4 Å². The number of para-hydroxylation sites is 1. The van der Waals surface area contributed by atoms with Crippen LogP contribution in [0.15, 0.2) is 48.5 Å². The maximum atomic E-state index is 12.0. The number of hydrogen-bond acceptors (Lipinski definition) is 4. The molecule has 3 aromatic rings. The predicted octanol–water partition coefficient (Wildman–Crippen LogP) is 4.20. The van der Waals surface area contributed by atoms with Gasteiger partial charge >= 0.3 is 5.97 Å². The van der Waals surface area contributed by atoms with Gasteiger partial charge in [0.15, 0.2) is 0 Å². The van der Waals surface area contributed by atoms with Gasteiger partial charge in [0.25, 0.3) is 0 Å². The fraction of sp³-hybridized carbons (Fsp3) is 0.320. The molecule has 0 atom stereocenters. The van der Waals surface area contributed by atoms with Crippen LogP contribution in [0, 0.1) is 13.8 Å². The maximum Gasteiger partial charge on any atom is 0.337 e. The average molecular weight is 423 g/mol. The second-order valence-electron chi connectivity index (χ2n) is 7.50. The molecule has 0 radical (unpaired) electrons. The molecule has 1 heterocycles. The number of carboxylic acids is 1. The zero-order chi connectivity index (χ0) is 22.4. The third-order valence-electron chi connectivity index (χ3n) is 5.69. The molecule has 0 unspecified atom stereocenters. The lowest BCUT2D eigenvalue weighted by Crippen LogP contribution is -2.19. The number of carbonyl (C=O) groups is 1. The Morgan fingerprint density at radius 3 is 2.35 bits per heavy atom. The zero-order valence-corrected chi connectivity index (χ0v) is 18.6. The Labute approximate surface area is 183 Å². The van der Waals surface area contributed by atoms with Crippen LogP contribution in [0.3, 0.4) is 0 Å². The van der Waals surface area contributed by atoms with Crippen molar-refractivity contribution in [2.45, 2.75) is 33.4 Å². The molecular weight excluding hydrogens is 392 g/mol. The fourth-order valence-corrected chi connectivity index (χ4v) is 3.95. The molecule has 0 aliphatic rings. The summed E-state index contributed by atoms with van der Waals surface area (Å²) in [6.45, 7) is 5.70. The number of aromatic nitrogens is 1. The number of aromatic carboxylic acids is 1. The van der Waals surface area contributed by atoms with Gasteiger partial charge in [0.2, 0.25) is 0 Å². The van der Waals surface area contributed by atoms with E-state index in [4.69, 9.17) is 9.47 Å². The van der Waals surface area contributed by atoms with Crippen LogP contribution in [0.2, 0.25) is 0 Å². The van der Waals surface area contributed by atoms with Crippen LogP contribution in [0.5, 0.6) is 11.5 Å². The Hall–Kier alpha value is -3.25. The first-order chi connectivity index (χ1) is 15.0. The average Bonchev–Trinajstić information content (AvgIpc) is 3.01. The Kier molecular flexibility index (Phi) is 7.36. The Bertz CT molecular complexity index is 1040. The number of nitrogens with one attached hydrogen (secondary N) is 1. The first-order valence-electron chi connectivity index (χ1n) is 10.3. The van der Waals surface area contributed by atoms with Crippen LogP contribution >= 0.6 is 0 Å².